The number of hydrogen-bond donors (Lipinski definition) is 1. The molecule has 5 nitrogen and oxygen atoms in total. The van der Waals surface area contributed by atoms with Crippen molar-refractivity contribution in [2.45, 2.75) is 12.5 Å². The van der Waals surface area contributed by atoms with Crippen LogP contribution < -0.4 is 15.0 Å². The zero-order valence-corrected chi connectivity index (χ0v) is 16.1. The average molecular weight is 362 g/mol. The van der Waals surface area contributed by atoms with E-state index < -0.39 is 0 Å². The number of aromatic nitrogens is 2. The Morgan fingerprint density at radius 2 is 1.85 bits per heavy atom. The van der Waals surface area contributed by atoms with Gasteiger partial charge in [-0.3, -0.25) is 0 Å². The minimum Gasteiger partial charge on any atom is -0.486 e. The van der Waals surface area contributed by atoms with Crippen molar-refractivity contribution < 1.29 is 4.74 Å². The number of rotatable bonds is 8. The Morgan fingerprint density at radius 1 is 1.04 bits per heavy atom. The van der Waals surface area contributed by atoms with Gasteiger partial charge in [-0.2, -0.15) is 0 Å². The Balaban J connectivity index is 1.84. The van der Waals surface area contributed by atoms with Crippen molar-refractivity contribution in [1.29, 1.82) is 0 Å². The molecule has 27 heavy (non-hydrogen) atoms. The van der Waals surface area contributed by atoms with Crippen molar-refractivity contribution >= 4 is 5.95 Å². The molecule has 0 aliphatic rings. The summed E-state index contributed by atoms with van der Waals surface area (Å²) in [4.78, 5) is 10.8. The van der Waals surface area contributed by atoms with Crippen molar-refractivity contribution in [2.75, 3.05) is 32.6 Å². The first-order chi connectivity index (χ1) is 13.2. The number of nitrogens with zero attached hydrogens (tertiary/aromatic N) is 3. The maximum Gasteiger partial charge on any atom is 0.225 e. The largest absolute Gasteiger partial charge is 0.486 e. The summed E-state index contributed by atoms with van der Waals surface area (Å²) in [5.41, 5.74) is 3.07. The maximum absolute atomic E-state index is 6.35. The second-order valence-corrected chi connectivity index (χ2v) is 6.57. The van der Waals surface area contributed by atoms with Crippen LogP contribution in [0.15, 0.2) is 66.9 Å². The predicted molar refractivity (Wildman–Crippen MR) is 110 cm³/mol. The van der Waals surface area contributed by atoms with Crippen LogP contribution in [0.5, 0.6) is 5.75 Å². The minimum absolute atomic E-state index is 0.00312. The SMILES string of the molecule is CNCCC(Oc1cccc(-c2ccnc(N(C)C)n2)c1)c1ccccc1. The Bertz CT molecular complexity index is 852. The number of benzene rings is 2. The van der Waals surface area contributed by atoms with Crippen LogP contribution in [0.4, 0.5) is 5.95 Å². The molecule has 3 rings (SSSR count). The zero-order valence-electron chi connectivity index (χ0n) is 16.1. The number of ether oxygens (including phenoxy) is 1. The normalized spacial score (nSPS) is 11.8. The van der Waals surface area contributed by atoms with Crippen molar-refractivity contribution in [2.24, 2.45) is 0 Å². The first kappa shape index (κ1) is 18.9. The zero-order chi connectivity index (χ0) is 19.1. The van der Waals surface area contributed by atoms with Gasteiger partial charge in [0.1, 0.15) is 11.9 Å². The standard InChI is InChI=1S/C22H26N4O/c1-23-14-13-21(17-8-5-4-6-9-17)27-19-11-7-10-18(16-19)20-12-15-24-22(25-20)26(2)3/h4-12,15-16,21,23H,13-14H2,1-3H3. The lowest BCUT2D eigenvalue weighted by atomic mass is 10.1. The Labute approximate surface area is 161 Å². The molecule has 0 amide bonds. The summed E-state index contributed by atoms with van der Waals surface area (Å²) in [6.45, 7) is 0.886. The molecule has 0 radical (unpaired) electrons. The van der Waals surface area contributed by atoms with Crippen molar-refractivity contribution in [3.63, 3.8) is 0 Å². The third kappa shape index (κ3) is 5.05. The Morgan fingerprint density at radius 3 is 2.59 bits per heavy atom. The highest BCUT2D eigenvalue weighted by Gasteiger charge is 2.13. The van der Waals surface area contributed by atoms with Crippen LogP contribution in [-0.2, 0) is 0 Å². The lowest BCUT2D eigenvalue weighted by Crippen LogP contribution is -2.16. The minimum atomic E-state index is -0.00312. The molecular formula is C22H26N4O. The summed E-state index contributed by atoms with van der Waals surface area (Å²) in [5.74, 6) is 1.53. The molecule has 5 heteroatoms. The average Bonchev–Trinajstić information content (AvgIpc) is 2.72. The number of hydrogen-bond acceptors (Lipinski definition) is 5. The smallest absolute Gasteiger partial charge is 0.225 e. The maximum atomic E-state index is 6.35. The van der Waals surface area contributed by atoms with E-state index in [9.17, 15) is 0 Å². The van der Waals surface area contributed by atoms with Crippen LogP contribution in [0.1, 0.15) is 18.1 Å². The van der Waals surface area contributed by atoms with Gasteiger partial charge in [0.25, 0.3) is 0 Å². The van der Waals surface area contributed by atoms with E-state index in [1.165, 1.54) is 5.56 Å². The second kappa shape index (κ2) is 9.14. The van der Waals surface area contributed by atoms with Crippen molar-refractivity contribution in [1.82, 2.24) is 15.3 Å². The van der Waals surface area contributed by atoms with E-state index in [2.05, 4.69) is 27.4 Å². The molecule has 0 saturated carbocycles. The van der Waals surface area contributed by atoms with E-state index in [1.54, 1.807) is 6.20 Å². The number of nitrogens with one attached hydrogen (secondary N) is 1. The van der Waals surface area contributed by atoms with E-state index in [1.807, 2.05) is 74.6 Å². The highest BCUT2D eigenvalue weighted by Crippen LogP contribution is 2.28. The van der Waals surface area contributed by atoms with Gasteiger partial charge in [0, 0.05) is 32.3 Å². The molecule has 0 aliphatic heterocycles. The fourth-order valence-corrected chi connectivity index (χ4v) is 2.85. The van der Waals surface area contributed by atoms with Gasteiger partial charge in [0.05, 0.1) is 5.69 Å². The molecule has 3 aromatic rings. The molecule has 1 N–H and O–H groups in total. The van der Waals surface area contributed by atoms with E-state index in [0.717, 1.165) is 30.0 Å². The van der Waals surface area contributed by atoms with Crippen molar-refractivity contribution in [3.8, 4) is 17.0 Å². The van der Waals surface area contributed by atoms with Gasteiger partial charge < -0.3 is 15.0 Å². The summed E-state index contributed by atoms with van der Waals surface area (Å²) in [5, 5.41) is 3.21. The molecule has 0 aliphatic carbocycles. The number of anilines is 1. The van der Waals surface area contributed by atoms with Crippen LogP contribution >= 0.6 is 0 Å². The van der Waals surface area contributed by atoms with E-state index in [-0.39, 0.29) is 6.10 Å². The lowest BCUT2D eigenvalue weighted by Gasteiger charge is -2.20. The molecule has 0 spiro atoms. The Kier molecular flexibility index (Phi) is 6.39. The second-order valence-electron chi connectivity index (χ2n) is 6.57. The molecule has 0 bridgehead atoms. The van der Waals surface area contributed by atoms with Crippen LogP contribution in [0, 0.1) is 0 Å². The molecule has 2 aromatic carbocycles. The third-order valence-corrected chi connectivity index (χ3v) is 4.28. The Hall–Kier alpha value is -2.92. The molecule has 1 atom stereocenters. The summed E-state index contributed by atoms with van der Waals surface area (Å²) in [6, 6.07) is 20.3. The van der Waals surface area contributed by atoms with Gasteiger partial charge >= 0.3 is 0 Å². The molecule has 1 aromatic heterocycles. The molecule has 1 unspecified atom stereocenters. The van der Waals surface area contributed by atoms with Crippen LogP contribution in [0.25, 0.3) is 11.3 Å². The van der Waals surface area contributed by atoms with Crippen LogP contribution in [-0.4, -0.2) is 37.7 Å². The quantitative estimate of drug-likeness (QED) is 0.658. The molecule has 0 fully saturated rings. The highest BCUT2D eigenvalue weighted by molar-refractivity contribution is 5.62. The summed E-state index contributed by atoms with van der Waals surface area (Å²) >= 11 is 0. The first-order valence-corrected chi connectivity index (χ1v) is 9.14. The van der Waals surface area contributed by atoms with Crippen LogP contribution in [0.3, 0.4) is 0 Å². The van der Waals surface area contributed by atoms with E-state index in [0.29, 0.717) is 5.95 Å². The fourth-order valence-electron chi connectivity index (χ4n) is 2.85. The summed E-state index contributed by atoms with van der Waals surface area (Å²) in [6.07, 6.45) is 2.67. The molecule has 1 heterocycles. The third-order valence-electron chi connectivity index (χ3n) is 4.28. The lowest BCUT2D eigenvalue weighted by molar-refractivity contribution is 0.195. The van der Waals surface area contributed by atoms with Crippen molar-refractivity contribution in [3.05, 3.63) is 72.4 Å². The van der Waals surface area contributed by atoms with E-state index >= 15 is 0 Å². The highest BCUT2D eigenvalue weighted by atomic mass is 16.5. The first-order valence-electron chi connectivity index (χ1n) is 9.14. The molecular weight excluding hydrogens is 336 g/mol. The van der Waals surface area contributed by atoms with Gasteiger partial charge in [-0.15, -0.1) is 0 Å². The summed E-state index contributed by atoms with van der Waals surface area (Å²) in [7, 11) is 5.83. The van der Waals surface area contributed by atoms with Gasteiger partial charge in [-0.1, -0.05) is 42.5 Å². The van der Waals surface area contributed by atoms with Gasteiger partial charge in [0.2, 0.25) is 5.95 Å². The van der Waals surface area contributed by atoms with Gasteiger partial charge in [0.15, 0.2) is 0 Å². The molecule has 0 saturated heterocycles. The monoisotopic (exact) mass is 362 g/mol. The topological polar surface area (TPSA) is 50.3 Å². The van der Waals surface area contributed by atoms with Gasteiger partial charge in [-0.25, -0.2) is 9.97 Å². The summed E-state index contributed by atoms with van der Waals surface area (Å²) < 4.78 is 6.35. The van der Waals surface area contributed by atoms with Crippen LogP contribution in [0.2, 0.25) is 0 Å². The fraction of sp³-hybridized carbons (Fsp3) is 0.273. The van der Waals surface area contributed by atoms with Gasteiger partial charge in [-0.05, 0) is 37.4 Å². The van der Waals surface area contributed by atoms with E-state index in [4.69, 9.17) is 4.74 Å². The molecule has 140 valence electrons. The predicted octanol–water partition coefficient (Wildman–Crippen LogP) is 3.94.